The average molecular weight is 395 g/mol. The fourth-order valence-corrected chi connectivity index (χ4v) is 3.18. The monoisotopic (exact) mass is 395 g/mol. The van der Waals surface area contributed by atoms with Gasteiger partial charge in [-0.3, -0.25) is 4.79 Å². The van der Waals surface area contributed by atoms with Gasteiger partial charge in [-0.05, 0) is 36.2 Å². The Balaban J connectivity index is 1.31. The van der Waals surface area contributed by atoms with Crippen LogP contribution in [0.2, 0.25) is 0 Å². The molecular weight excluding hydrogens is 374 g/mol. The van der Waals surface area contributed by atoms with E-state index in [-0.39, 0.29) is 18.6 Å². The Kier molecular flexibility index (Phi) is 5.37. The molecule has 1 aliphatic rings. The molecule has 1 aliphatic heterocycles. The van der Waals surface area contributed by atoms with Crippen LogP contribution in [0.15, 0.2) is 57.7 Å². The Morgan fingerprint density at radius 3 is 2.83 bits per heavy atom. The van der Waals surface area contributed by atoms with Crippen molar-refractivity contribution in [3.05, 3.63) is 64.5 Å². The standard InChI is InChI=1S/C22H21NO6/c1-2-14-9-22(25)29-20-10-15(7-8-17(14)20)26-13-21(24)23-11-16-12-27-18-5-3-4-6-19(18)28-16/h3-10,16H,2,11-13H2,1H3,(H,23,24). The molecular formula is C22H21NO6. The molecule has 4 rings (SSSR count). The van der Waals surface area contributed by atoms with Crippen molar-refractivity contribution >= 4 is 16.9 Å². The second-order valence-corrected chi connectivity index (χ2v) is 6.69. The molecule has 2 heterocycles. The first kappa shape index (κ1) is 18.9. The molecule has 7 heteroatoms. The van der Waals surface area contributed by atoms with Gasteiger partial charge in [-0.1, -0.05) is 19.1 Å². The van der Waals surface area contributed by atoms with E-state index in [1.165, 1.54) is 6.07 Å². The van der Waals surface area contributed by atoms with E-state index >= 15 is 0 Å². The van der Waals surface area contributed by atoms with Crippen molar-refractivity contribution in [3.8, 4) is 17.2 Å². The molecule has 2 aromatic carbocycles. The molecule has 1 unspecified atom stereocenters. The van der Waals surface area contributed by atoms with Crippen LogP contribution in [-0.4, -0.2) is 31.8 Å². The minimum Gasteiger partial charge on any atom is -0.486 e. The van der Waals surface area contributed by atoms with Gasteiger partial charge in [-0.2, -0.15) is 0 Å². The summed E-state index contributed by atoms with van der Waals surface area (Å²) in [6.07, 6.45) is 0.457. The lowest BCUT2D eigenvalue weighted by Crippen LogP contribution is -2.42. The Hall–Kier alpha value is -3.48. The first-order valence-corrected chi connectivity index (χ1v) is 9.47. The van der Waals surface area contributed by atoms with Crippen LogP contribution >= 0.6 is 0 Å². The van der Waals surface area contributed by atoms with Crippen LogP contribution in [0.5, 0.6) is 17.2 Å². The molecule has 0 aliphatic carbocycles. The summed E-state index contributed by atoms with van der Waals surface area (Å²) >= 11 is 0. The van der Waals surface area contributed by atoms with Crippen LogP contribution in [0.4, 0.5) is 0 Å². The molecule has 0 saturated heterocycles. The van der Waals surface area contributed by atoms with E-state index in [9.17, 15) is 9.59 Å². The van der Waals surface area contributed by atoms with Gasteiger partial charge in [-0.25, -0.2) is 4.79 Å². The van der Waals surface area contributed by atoms with Gasteiger partial charge in [0.05, 0.1) is 6.54 Å². The van der Waals surface area contributed by atoms with Crippen LogP contribution in [0.25, 0.3) is 11.0 Å². The minimum absolute atomic E-state index is 0.159. The van der Waals surface area contributed by atoms with Crippen LogP contribution < -0.4 is 25.2 Å². The third-order valence-corrected chi connectivity index (χ3v) is 4.65. The quantitative estimate of drug-likeness (QED) is 0.646. The summed E-state index contributed by atoms with van der Waals surface area (Å²) in [5.41, 5.74) is 0.955. The van der Waals surface area contributed by atoms with Gasteiger partial charge in [0.15, 0.2) is 18.1 Å². The summed E-state index contributed by atoms with van der Waals surface area (Å²) in [4.78, 5) is 23.8. The zero-order valence-electron chi connectivity index (χ0n) is 16.0. The van der Waals surface area contributed by atoms with Gasteiger partial charge in [0.1, 0.15) is 24.0 Å². The number of hydrogen-bond acceptors (Lipinski definition) is 6. The molecule has 1 aromatic heterocycles. The zero-order valence-corrected chi connectivity index (χ0v) is 16.0. The van der Waals surface area contributed by atoms with Crippen molar-refractivity contribution in [3.63, 3.8) is 0 Å². The van der Waals surface area contributed by atoms with Crippen molar-refractivity contribution in [2.24, 2.45) is 0 Å². The number of rotatable bonds is 6. The van der Waals surface area contributed by atoms with Crippen LogP contribution in [0.1, 0.15) is 12.5 Å². The van der Waals surface area contributed by atoms with Gasteiger partial charge in [0, 0.05) is 17.5 Å². The summed E-state index contributed by atoms with van der Waals surface area (Å²) in [7, 11) is 0. The SMILES string of the molecule is CCc1cc(=O)oc2cc(OCC(=O)NCC3COc4ccccc4O3)ccc12. The van der Waals surface area contributed by atoms with E-state index in [4.69, 9.17) is 18.6 Å². The van der Waals surface area contributed by atoms with Crippen LogP contribution in [-0.2, 0) is 11.2 Å². The molecule has 150 valence electrons. The minimum atomic E-state index is -0.402. The van der Waals surface area contributed by atoms with E-state index in [0.29, 0.717) is 36.0 Å². The summed E-state index contributed by atoms with van der Waals surface area (Å²) in [6.45, 7) is 2.49. The largest absolute Gasteiger partial charge is 0.486 e. The number of carbonyl (C=O) groups is 1. The molecule has 1 amide bonds. The number of amides is 1. The topological polar surface area (TPSA) is 87.0 Å². The lowest BCUT2D eigenvalue weighted by Gasteiger charge is -2.26. The Labute approximate surface area is 167 Å². The molecule has 0 saturated carbocycles. The summed E-state index contributed by atoms with van der Waals surface area (Å²) < 4.78 is 22.2. The zero-order chi connectivity index (χ0) is 20.2. The first-order chi connectivity index (χ1) is 14.1. The highest BCUT2D eigenvalue weighted by Gasteiger charge is 2.21. The molecule has 0 bridgehead atoms. The summed E-state index contributed by atoms with van der Waals surface area (Å²) in [6, 6.07) is 14.1. The van der Waals surface area contributed by atoms with Crippen LogP contribution in [0, 0.1) is 0 Å². The summed E-state index contributed by atoms with van der Waals surface area (Å²) in [5, 5.41) is 3.64. The number of fused-ring (bicyclic) bond motifs is 2. The number of nitrogens with one attached hydrogen (secondary N) is 1. The summed E-state index contributed by atoms with van der Waals surface area (Å²) in [5.74, 6) is 1.54. The van der Waals surface area contributed by atoms with Gasteiger partial charge >= 0.3 is 5.63 Å². The highest BCUT2D eigenvalue weighted by atomic mass is 16.6. The predicted octanol–water partition coefficient (Wildman–Crippen LogP) is 2.69. The molecule has 0 spiro atoms. The Bertz CT molecular complexity index is 1090. The number of hydrogen-bond donors (Lipinski definition) is 1. The van der Waals surface area contributed by atoms with Crippen molar-refractivity contribution in [1.29, 1.82) is 0 Å². The van der Waals surface area contributed by atoms with Gasteiger partial charge in [0.2, 0.25) is 0 Å². The number of carbonyl (C=O) groups excluding carboxylic acids is 1. The van der Waals surface area contributed by atoms with E-state index in [1.807, 2.05) is 37.3 Å². The molecule has 29 heavy (non-hydrogen) atoms. The average Bonchev–Trinajstić information content (AvgIpc) is 2.75. The first-order valence-electron chi connectivity index (χ1n) is 9.47. The highest BCUT2D eigenvalue weighted by molar-refractivity contribution is 5.82. The van der Waals surface area contributed by atoms with E-state index in [2.05, 4.69) is 5.32 Å². The normalized spacial score (nSPS) is 15.1. The molecule has 3 aromatic rings. The number of benzene rings is 2. The molecule has 7 nitrogen and oxygen atoms in total. The Morgan fingerprint density at radius 1 is 1.17 bits per heavy atom. The number of aryl methyl sites for hydroxylation is 1. The maximum Gasteiger partial charge on any atom is 0.336 e. The van der Waals surface area contributed by atoms with Gasteiger partial charge in [0.25, 0.3) is 5.91 Å². The van der Waals surface area contributed by atoms with Gasteiger partial charge < -0.3 is 23.9 Å². The van der Waals surface area contributed by atoms with Crippen LogP contribution in [0.3, 0.4) is 0 Å². The third kappa shape index (κ3) is 4.34. The maximum atomic E-state index is 12.1. The van der Waals surface area contributed by atoms with Crippen molar-refractivity contribution in [2.75, 3.05) is 19.8 Å². The van der Waals surface area contributed by atoms with E-state index in [1.54, 1.807) is 12.1 Å². The number of para-hydroxylation sites is 2. The second kappa shape index (κ2) is 8.26. The van der Waals surface area contributed by atoms with E-state index in [0.717, 1.165) is 17.4 Å². The fourth-order valence-electron chi connectivity index (χ4n) is 3.18. The third-order valence-electron chi connectivity index (χ3n) is 4.65. The van der Waals surface area contributed by atoms with Crippen molar-refractivity contribution in [1.82, 2.24) is 5.32 Å². The molecule has 1 atom stereocenters. The highest BCUT2D eigenvalue weighted by Crippen LogP contribution is 2.30. The lowest BCUT2D eigenvalue weighted by molar-refractivity contribution is -0.123. The smallest absolute Gasteiger partial charge is 0.336 e. The van der Waals surface area contributed by atoms with Gasteiger partial charge in [-0.15, -0.1) is 0 Å². The molecule has 1 N–H and O–H groups in total. The Morgan fingerprint density at radius 2 is 2.00 bits per heavy atom. The predicted molar refractivity (Wildman–Crippen MR) is 107 cm³/mol. The number of ether oxygens (including phenoxy) is 3. The van der Waals surface area contributed by atoms with E-state index < -0.39 is 5.63 Å². The lowest BCUT2D eigenvalue weighted by atomic mass is 10.1. The fraction of sp³-hybridized carbons (Fsp3) is 0.273. The maximum absolute atomic E-state index is 12.1. The van der Waals surface area contributed by atoms with Crippen molar-refractivity contribution in [2.45, 2.75) is 19.4 Å². The molecule has 0 fully saturated rings. The van der Waals surface area contributed by atoms with Crippen molar-refractivity contribution < 1.29 is 23.4 Å². The molecule has 0 radical (unpaired) electrons. The second-order valence-electron chi connectivity index (χ2n) is 6.69.